The zero-order valence-electron chi connectivity index (χ0n) is 38.9. The fourth-order valence-corrected chi connectivity index (χ4v) is 9.52. The Morgan fingerprint density at radius 2 is 1.43 bits per heavy atom. The van der Waals surface area contributed by atoms with E-state index in [2.05, 4.69) is 106 Å². The molecule has 6 heteroatoms. The summed E-state index contributed by atoms with van der Waals surface area (Å²) >= 11 is 0. The molecule has 4 heterocycles. The van der Waals surface area contributed by atoms with Gasteiger partial charge in [-0.15, -0.1) is 53.6 Å². The van der Waals surface area contributed by atoms with Crippen molar-refractivity contribution in [1.29, 1.82) is 0 Å². The van der Waals surface area contributed by atoms with Crippen LogP contribution in [0, 0.1) is 32.9 Å². The minimum Gasteiger partial charge on any atom is -0.499 e. The van der Waals surface area contributed by atoms with Crippen molar-refractivity contribution in [2.45, 2.75) is 66.5 Å². The molecule has 0 amide bonds. The van der Waals surface area contributed by atoms with E-state index in [1.54, 1.807) is 24.3 Å². The van der Waals surface area contributed by atoms with Crippen LogP contribution in [-0.4, -0.2) is 23.0 Å². The fourth-order valence-electron chi connectivity index (χ4n) is 7.93. The maximum atomic E-state index is 8.73. The van der Waals surface area contributed by atoms with Gasteiger partial charge in [0, 0.05) is 48.7 Å². The van der Waals surface area contributed by atoms with Gasteiger partial charge in [0.1, 0.15) is 5.58 Å². The molecule has 0 bridgehead atoms. The van der Waals surface area contributed by atoms with Crippen LogP contribution in [0.5, 0.6) is 0 Å². The molecule has 1 radical (unpaired) electrons. The number of fused-ring (bicyclic) bond motifs is 3. The molecule has 9 rings (SSSR count). The molecule has 0 atom stereocenters. The first-order valence-corrected chi connectivity index (χ1v) is 23.9. The number of pyridine rings is 3. The van der Waals surface area contributed by atoms with Crippen LogP contribution in [0.15, 0.2) is 150 Å². The summed E-state index contributed by atoms with van der Waals surface area (Å²) in [7, 11) is -1.57. The van der Waals surface area contributed by atoms with Gasteiger partial charge in [-0.1, -0.05) is 135 Å². The summed E-state index contributed by atoms with van der Waals surface area (Å²) in [5, 5.41) is 2.07. The molecule has 5 aromatic carbocycles. The van der Waals surface area contributed by atoms with Crippen LogP contribution < -0.4 is 5.19 Å². The van der Waals surface area contributed by atoms with Crippen molar-refractivity contribution in [2.24, 2.45) is 0 Å². The molecule has 0 aliphatic rings. The molecule has 0 saturated carbocycles. The molecular weight excluding hydrogens is 939 g/mol. The van der Waals surface area contributed by atoms with Crippen molar-refractivity contribution in [2.75, 3.05) is 0 Å². The summed E-state index contributed by atoms with van der Waals surface area (Å²) in [6.45, 7) is 17.2. The normalized spacial score (nSPS) is 12.5. The Labute approximate surface area is 379 Å². The van der Waals surface area contributed by atoms with Crippen molar-refractivity contribution in [3.05, 3.63) is 191 Å². The third kappa shape index (κ3) is 9.58. The smallest absolute Gasteiger partial charge is 0.139 e. The fraction of sp³-hybridized carbons (Fsp3) is 0.182. The van der Waals surface area contributed by atoms with Crippen LogP contribution in [0.4, 0.5) is 0 Å². The number of nitrogens with zero attached hydrogens (tertiary/aromatic N) is 3. The van der Waals surface area contributed by atoms with Crippen molar-refractivity contribution >= 4 is 35.3 Å². The molecule has 0 aliphatic carbocycles. The van der Waals surface area contributed by atoms with E-state index in [4.69, 9.17) is 18.5 Å². The van der Waals surface area contributed by atoms with Crippen LogP contribution in [0.25, 0.3) is 66.8 Å². The van der Waals surface area contributed by atoms with Gasteiger partial charge < -0.3 is 14.4 Å². The Kier molecular flexibility index (Phi) is 11.9. The van der Waals surface area contributed by atoms with Gasteiger partial charge in [-0.3, -0.25) is 4.98 Å². The number of benzene rings is 5. The average molecular weight is 993 g/mol. The monoisotopic (exact) mass is 993 g/mol. The second-order valence-electron chi connectivity index (χ2n) is 16.7. The van der Waals surface area contributed by atoms with Gasteiger partial charge in [0.15, 0.2) is 0 Å². The van der Waals surface area contributed by atoms with Gasteiger partial charge in [0.25, 0.3) is 0 Å². The molecular formula is C55H51IrN3OSi-2. The quantitative estimate of drug-likeness (QED) is 0.112. The van der Waals surface area contributed by atoms with E-state index in [0.29, 0.717) is 27.9 Å². The number of hydrogen-bond acceptors (Lipinski definition) is 4. The second-order valence-corrected chi connectivity index (χ2v) is 21.7. The Bertz CT molecular complexity index is 3080. The first-order chi connectivity index (χ1) is 30.0. The summed E-state index contributed by atoms with van der Waals surface area (Å²) in [5.74, 6) is -0.648. The molecule has 4 aromatic heterocycles. The molecule has 0 fully saturated rings. The zero-order valence-corrected chi connectivity index (χ0v) is 39.3. The SMILES string of the molecule is [2H]C(C)(C)c1cc(-c2[c-]ccc(-c3ccccc3)c2)ncc1[Si](C)(C)C.[2H]C([2H])(c1ccccc1)c1ccc2oc3c(-c4cc(-c5c(C)cc(C)cc5C)ccn4)[c-]ccc3c2n1.[Ir]. The van der Waals surface area contributed by atoms with E-state index >= 15 is 0 Å². The van der Waals surface area contributed by atoms with Gasteiger partial charge >= 0.3 is 0 Å². The molecule has 0 aliphatic heterocycles. The van der Waals surface area contributed by atoms with Gasteiger partial charge in [0.2, 0.25) is 0 Å². The number of hydrogen-bond donors (Lipinski definition) is 0. The first kappa shape index (κ1) is 39.4. The summed E-state index contributed by atoms with van der Waals surface area (Å²) in [6.07, 6.45) is 2.09. The summed E-state index contributed by atoms with van der Waals surface area (Å²) in [4.78, 5) is 14.1. The van der Waals surface area contributed by atoms with E-state index in [-0.39, 0.29) is 20.1 Å². The van der Waals surface area contributed by atoms with E-state index in [9.17, 15) is 0 Å². The third-order valence-electron chi connectivity index (χ3n) is 10.7. The first-order valence-electron chi connectivity index (χ1n) is 21.9. The predicted molar refractivity (Wildman–Crippen MR) is 253 cm³/mol. The number of rotatable bonds is 8. The van der Waals surface area contributed by atoms with Gasteiger partial charge in [-0.05, 0) is 100 Å². The molecule has 4 nitrogen and oxygen atoms in total. The van der Waals surface area contributed by atoms with Crippen molar-refractivity contribution < 1.29 is 28.6 Å². The summed E-state index contributed by atoms with van der Waals surface area (Å²) in [6, 6.07) is 50.1. The van der Waals surface area contributed by atoms with Crippen molar-refractivity contribution in [1.82, 2.24) is 15.0 Å². The van der Waals surface area contributed by atoms with Crippen molar-refractivity contribution in [3.8, 4) is 44.8 Å². The zero-order chi connectivity index (χ0) is 44.7. The average Bonchev–Trinajstić information content (AvgIpc) is 3.65. The molecule has 0 spiro atoms. The summed E-state index contributed by atoms with van der Waals surface area (Å²) in [5.41, 5.74) is 15.6. The van der Waals surface area contributed by atoms with E-state index < -0.39 is 20.3 Å². The topological polar surface area (TPSA) is 51.8 Å². The largest absolute Gasteiger partial charge is 0.499 e. The maximum Gasteiger partial charge on any atom is 0.139 e. The predicted octanol–water partition coefficient (Wildman–Crippen LogP) is 13.9. The van der Waals surface area contributed by atoms with Crippen LogP contribution >= 0.6 is 0 Å². The van der Waals surface area contributed by atoms with E-state index in [1.165, 1.54) is 33.0 Å². The summed E-state index contributed by atoms with van der Waals surface area (Å²) < 4.78 is 32.3. The number of furan rings is 1. The van der Waals surface area contributed by atoms with Crippen LogP contribution in [0.3, 0.4) is 0 Å². The third-order valence-corrected chi connectivity index (χ3v) is 12.8. The van der Waals surface area contributed by atoms with Crippen LogP contribution in [-0.2, 0) is 26.5 Å². The van der Waals surface area contributed by atoms with Crippen molar-refractivity contribution in [3.63, 3.8) is 0 Å². The Morgan fingerprint density at radius 1 is 0.721 bits per heavy atom. The molecule has 9 aromatic rings. The molecule has 0 unspecified atom stereocenters. The Hall–Kier alpha value is -5.78. The number of aromatic nitrogens is 3. The standard InChI is InChI=1S/C32H25N2O.C23H26NSi.Ir/c1-20-16-21(2)30(22(3)17-20)24-14-15-33-28(19-24)26-10-7-11-27-31-29(35-32(26)27)13-12-25(34-31)18-23-8-5-4-6-9-23;1-17(2)21-15-22(24-16-23(21)25(3,4)5)20-13-9-12-19(14-20)18-10-7-6-8-11-18;/h4-9,11-17,19H,18H2,1-3H3;6-12,14-17H,1-5H3;/q2*-1;/i18D2;17D;. The minimum atomic E-state index is -1.73. The maximum absolute atomic E-state index is 8.73. The van der Waals surface area contributed by atoms with Gasteiger partial charge in [-0.2, -0.15) is 0 Å². The minimum absolute atomic E-state index is 0. The van der Waals surface area contributed by atoms with E-state index in [1.807, 2.05) is 86.9 Å². The molecule has 307 valence electrons. The Morgan fingerprint density at radius 3 is 2.13 bits per heavy atom. The van der Waals surface area contributed by atoms with E-state index in [0.717, 1.165) is 44.6 Å². The second kappa shape index (κ2) is 18.5. The molecule has 0 N–H and O–H groups in total. The Balaban J connectivity index is 0.000000201. The van der Waals surface area contributed by atoms with Crippen LogP contribution in [0.1, 0.15) is 57.4 Å². The molecule has 0 saturated heterocycles. The molecule has 61 heavy (non-hydrogen) atoms. The van der Waals surface area contributed by atoms with Gasteiger partial charge in [0.05, 0.1) is 19.2 Å². The van der Waals surface area contributed by atoms with Gasteiger partial charge in [-0.25, -0.2) is 0 Å². The number of aryl methyl sites for hydroxylation is 3. The van der Waals surface area contributed by atoms with Crippen LogP contribution in [0.2, 0.25) is 19.6 Å².